The number of hydrogen-bond donors (Lipinski definition) is 1. The molecule has 0 spiro atoms. The van der Waals surface area contributed by atoms with Crippen molar-refractivity contribution in [1.82, 2.24) is 14.8 Å². The van der Waals surface area contributed by atoms with Gasteiger partial charge in [0.2, 0.25) is 0 Å². The van der Waals surface area contributed by atoms with E-state index in [0.717, 1.165) is 11.5 Å². The maximum Gasteiger partial charge on any atom is 0.0976 e. The Hall–Kier alpha value is -4.04. The fraction of sp³-hybridized carbons (Fsp3) is 0.481. The molecule has 1 N–H and O–H groups in total. The Morgan fingerprint density at radius 2 is 1.31 bits per heavy atom. The van der Waals surface area contributed by atoms with Gasteiger partial charge in [0.15, 0.2) is 0 Å². The van der Waals surface area contributed by atoms with Gasteiger partial charge in [-0.1, -0.05) is 153 Å². The van der Waals surface area contributed by atoms with Crippen LogP contribution in [0.15, 0.2) is 146 Å². The second-order valence-corrected chi connectivity index (χ2v) is 15.2. The van der Waals surface area contributed by atoms with Crippen LogP contribution in [0.1, 0.15) is 133 Å². The molecular formula is C52H87N3. The van der Waals surface area contributed by atoms with Crippen molar-refractivity contribution in [3.8, 4) is 0 Å². The molecule has 0 radical (unpaired) electrons. The van der Waals surface area contributed by atoms with Gasteiger partial charge >= 0.3 is 0 Å². The van der Waals surface area contributed by atoms with Crippen molar-refractivity contribution in [2.45, 2.75) is 135 Å². The van der Waals surface area contributed by atoms with Crippen molar-refractivity contribution in [2.24, 2.45) is 11.3 Å². The summed E-state index contributed by atoms with van der Waals surface area (Å²) >= 11 is 0. The summed E-state index contributed by atoms with van der Waals surface area (Å²) in [5, 5.41) is 3.15. The Morgan fingerprint density at radius 3 is 1.60 bits per heavy atom. The highest BCUT2D eigenvalue weighted by Crippen LogP contribution is 2.28. The SMILES string of the molecule is C/C=C(/C(c1ccccc1)n1ccc(C)c1)N(C)C.C=C=C(C)C(C)(C)NC.C=CC.C=CC(C)(C)C.CC.CC(C)CCCc1ccccc1.CC=CC. The van der Waals surface area contributed by atoms with Gasteiger partial charge in [-0.15, -0.1) is 18.9 Å². The number of nitrogens with zero attached hydrogens (tertiary/aromatic N) is 2. The van der Waals surface area contributed by atoms with E-state index in [2.05, 4.69) is 202 Å². The van der Waals surface area contributed by atoms with Crippen LogP contribution in [0, 0.1) is 18.3 Å². The van der Waals surface area contributed by atoms with E-state index in [4.69, 9.17) is 0 Å². The Morgan fingerprint density at radius 1 is 0.855 bits per heavy atom. The predicted octanol–water partition coefficient (Wildman–Crippen LogP) is 15.3. The van der Waals surface area contributed by atoms with Crippen LogP contribution < -0.4 is 5.32 Å². The Bertz CT molecular complexity index is 1420. The average molecular weight is 754 g/mol. The molecule has 1 aromatic heterocycles. The second kappa shape index (κ2) is 35.6. The number of benzene rings is 2. The first-order chi connectivity index (χ1) is 25.8. The van der Waals surface area contributed by atoms with Gasteiger partial charge in [0.1, 0.15) is 0 Å². The van der Waals surface area contributed by atoms with Crippen LogP contribution in [0.4, 0.5) is 0 Å². The standard InChI is InChI=1S/C17H22N2.C12H18.C8H15N.C6H12.C4H8.C3H6.C2H6/c1-5-16(18(3)4)17(15-9-7-6-8-10-15)19-12-11-14(2)13-19;1-11(2)7-6-10-12-8-4-3-5-9-12;1-6-7(2)8(3,4)9-5;1-5-6(2,3)4;1-3-4-2;1-3-2;1-2/h5-13,17H,1-4H3;3-5,8-9,11H,6-7,10H2,1-2H3;9H,1H2,2-5H3;5H,1H2,2-4H3;3-4H,1-2H3;3H,1H2,2H3;1-2H3/b16-5-;;;;;;. The topological polar surface area (TPSA) is 20.2 Å². The number of likely N-dealkylation sites (N-methyl/N-ethyl adjacent to an activating group) is 2. The lowest BCUT2D eigenvalue weighted by Crippen LogP contribution is -2.36. The van der Waals surface area contributed by atoms with Crippen LogP contribution in [-0.4, -0.2) is 36.1 Å². The minimum atomic E-state index is 0.0434. The predicted molar refractivity (Wildman–Crippen MR) is 254 cm³/mol. The molecule has 3 heteroatoms. The highest BCUT2D eigenvalue weighted by Gasteiger charge is 2.19. The smallest absolute Gasteiger partial charge is 0.0976 e. The molecule has 3 rings (SSSR count). The van der Waals surface area contributed by atoms with Crippen LogP contribution in [0.3, 0.4) is 0 Å². The lowest BCUT2D eigenvalue weighted by Gasteiger charge is -2.28. The van der Waals surface area contributed by atoms with E-state index < -0.39 is 0 Å². The highest BCUT2D eigenvalue weighted by atomic mass is 15.1. The molecule has 310 valence electrons. The molecule has 3 aromatic rings. The van der Waals surface area contributed by atoms with Gasteiger partial charge in [-0.2, -0.15) is 0 Å². The van der Waals surface area contributed by atoms with Crippen molar-refractivity contribution in [2.75, 3.05) is 21.1 Å². The Labute approximate surface area is 343 Å². The number of aromatic nitrogens is 1. The van der Waals surface area contributed by atoms with E-state index in [0.29, 0.717) is 5.41 Å². The fourth-order valence-corrected chi connectivity index (χ4v) is 4.24. The van der Waals surface area contributed by atoms with Gasteiger partial charge in [-0.05, 0) is 115 Å². The van der Waals surface area contributed by atoms with Crippen molar-refractivity contribution >= 4 is 0 Å². The monoisotopic (exact) mass is 754 g/mol. The molecule has 1 atom stereocenters. The zero-order valence-electron chi connectivity index (χ0n) is 39.2. The van der Waals surface area contributed by atoms with Crippen molar-refractivity contribution in [3.63, 3.8) is 0 Å². The highest BCUT2D eigenvalue weighted by molar-refractivity contribution is 5.30. The van der Waals surface area contributed by atoms with Crippen molar-refractivity contribution in [3.05, 3.63) is 163 Å². The normalized spacial score (nSPS) is 10.9. The molecule has 0 bridgehead atoms. The second-order valence-electron chi connectivity index (χ2n) is 15.2. The number of nitrogens with one attached hydrogen (secondary N) is 1. The number of hydrogen-bond acceptors (Lipinski definition) is 2. The molecule has 0 saturated carbocycles. The molecule has 55 heavy (non-hydrogen) atoms. The number of rotatable bonds is 10. The molecule has 0 aliphatic carbocycles. The minimum Gasteiger partial charge on any atom is -0.379 e. The summed E-state index contributed by atoms with van der Waals surface area (Å²) in [7, 11) is 6.13. The maximum absolute atomic E-state index is 3.63. The third-order valence-electron chi connectivity index (χ3n) is 8.23. The van der Waals surface area contributed by atoms with E-state index >= 15 is 0 Å². The van der Waals surface area contributed by atoms with E-state index in [1.807, 2.05) is 66.8 Å². The molecule has 0 saturated heterocycles. The first-order valence-corrected chi connectivity index (χ1v) is 20.3. The molecule has 2 aromatic carbocycles. The van der Waals surface area contributed by atoms with Crippen LogP contribution in [0.25, 0.3) is 0 Å². The van der Waals surface area contributed by atoms with Gasteiger partial charge in [0.25, 0.3) is 0 Å². The third-order valence-corrected chi connectivity index (χ3v) is 8.23. The van der Waals surface area contributed by atoms with Gasteiger partial charge in [-0.3, -0.25) is 0 Å². The fourth-order valence-electron chi connectivity index (χ4n) is 4.24. The Balaban J connectivity index is -0.000000313. The van der Waals surface area contributed by atoms with E-state index in [1.165, 1.54) is 41.6 Å². The molecular weight excluding hydrogens is 667 g/mol. The van der Waals surface area contributed by atoms with Crippen molar-refractivity contribution < 1.29 is 0 Å². The zero-order valence-corrected chi connectivity index (χ0v) is 39.2. The van der Waals surface area contributed by atoms with Gasteiger partial charge < -0.3 is 14.8 Å². The summed E-state index contributed by atoms with van der Waals surface area (Å²) in [5.41, 5.74) is 9.71. The van der Waals surface area contributed by atoms with Gasteiger partial charge in [0, 0.05) is 37.7 Å². The van der Waals surface area contributed by atoms with Crippen LogP contribution in [0.5, 0.6) is 0 Å². The summed E-state index contributed by atoms with van der Waals surface area (Å²) in [6.07, 6.45) is 18.1. The quantitative estimate of drug-likeness (QED) is 0.164. The summed E-state index contributed by atoms with van der Waals surface area (Å²) < 4.78 is 2.28. The summed E-state index contributed by atoms with van der Waals surface area (Å²) in [5.74, 6) is 0.841. The molecule has 3 nitrogen and oxygen atoms in total. The number of allylic oxidation sites excluding steroid dienone is 6. The lowest BCUT2D eigenvalue weighted by molar-refractivity contribution is 0.438. The van der Waals surface area contributed by atoms with Crippen LogP contribution in [-0.2, 0) is 6.42 Å². The summed E-state index contributed by atoms with van der Waals surface area (Å²) in [6, 6.07) is 23.7. The summed E-state index contributed by atoms with van der Waals surface area (Å²) in [6.45, 7) is 41.8. The molecule has 1 unspecified atom stereocenters. The molecule has 0 amide bonds. The first-order valence-electron chi connectivity index (χ1n) is 20.3. The van der Waals surface area contributed by atoms with Gasteiger partial charge in [-0.25, -0.2) is 0 Å². The number of aryl methyl sites for hydroxylation is 2. The van der Waals surface area contributed by atoms with Gasteiger partial charge in [0.05, 0.1) is 6.04 Å². The summed E-state index contributed by atoms with van der Waals surface area (Å²) in [4.78, 5) is 2.19. The van der Waals surface area contributed by atoms with E-state index in [9.17, 15) is 0 Å². The first kappa shape index (κ1) is 57.7. The van der Waals surface area contributed by atoms with Crippen LogP contribution in [0.2, 0.25) is 0 Å². The molecule has 1 heterocycles. The third kappa shape index (κ3) is 32.0. The molecule has 0 fully saturated rings. The van der Waals surface area contributed by atoms with Crippen molar-refractivity contribution in [1.29, 1.82) is 0 Å². The minimum absolute atomic E-state index is 0.0434. The molecule has 0 aliphatic rings. The maximum atomic E-state index is 3.63. The molecule has 0 aliphatic heterocycles. The average Bonchev–Trinajstić information content (AvgIpc) is 3.60. The van der Waals surface area contributed by atoms with Crippen LogP contribution >= 0.6 is 0 Å². The zero-order chi connectivity index (χ0) is 43.5. The largest absolute Gasteiger partial charge is 0.379 e. The van der Waals surface area contributed by atoms with E-state index in [1.54, 1.807) is 6.08 Å². The Kier molecular flexibility index (Phi) is 37.4. The van der Waals surface area contributed by atoms with E-state index in [-0.39, 0.29) is 11.6 Å². The lowest BCUT2D eigenvalue weighted by atomic mass is 9.97.